The zero-order valence-electron chi connectivity index (χ0n) is 17.1. The van der Waals surface area contributed by atoms with E-state index in [4.69, 9.17) is 0 Å². The molecule has 31 heavy (non-hydrogen) atoms. The second kappa shape index (κ2) is 7.63. The molecule has 0 saturated heterocycles. The van der Waals surface area contributed by atoms with Crippen molar-refractivity contribution in [3.63, 3.8) is 0 Å². The number of hydrogen-bond acceptors (Lipinski definition) is 6. The molecule has 1 amide bonds. The van der Waals surface area contributed by atoms with Gasteiger partial charge in [0.05, 0.1) is 10.7 Å². The van der Waals surface area contributed by atoms with E-state index in [1.165, 1.54) is 34.1 Å². The van der Waals surface area contributed by atoms with E-state index in [1.807, 2.05) is 0 Å². The Morgan fingerprint density at radius 1 is 1.23 bits per heavy atom. The van der Waals surface area contributed by atoms with Gasteiger partial charge in [-0.05, 0) is 31.0 Å². The van der Waals surface area contributed by atoms with Crippen molar-refractivity contribution in [2.45, 2.75) is 24.9 Å². The Morgan fingerprint density at radius 3 is 2.55 bits per heavy atom. The number of alkyl halides is 3. The molecule has 1 fully saturated rings. The minimum absolute atomic E-state index is 0.0404. The number of thiazole rings is 1. The maximum atomic E-state index is 12.9. The summed E-state index contributed by atoms with van der Waals surface area (Å²) < 4.78 is 40.1. The Labute approximate surface area is 179 Å². The molecule has 0 spiro atoms. The van der Waals surface area contributed by atoms with Crippen LogP contribution in [0.5, 0.6) is 0 Å². The van der Waals surface area contributed by atoms with Crippen molar-refractivity contribution < 1.29 is 18.0 Å². The van der Waals surface area contributed by atoms with Crippen molar-refractivity contribution in [2.75, 3.05) is 32.6 Å². The molecular formula is C20H20F3N5O2S. The maximum absolute atomic E-state index is 12.9. The lowest BCUT2D eigenvalue weighted by atomic mass is 10.1. The number of carbonyl (C=O) groups is 1. The molecule has 4 rings (SSSR count). The van der Waals surface area contributed by atoms with Gasteiger partial charge in [0.15, 0.2) is 11.5 Å². The molecule has 2 aromatic heterocycles. The molecule has 11 heteroatoms. The number of carbonyl (C=O) groups excluding carboxylic acids is 1. The Hall–Kier alpha value is -2.95. The van der Waals surface area contributed by atoms with Crippen LogP contribution in [-0.2, 0) is 0 Å². The van der Waals surface area contributed by atoms with Crippen molar-refractivity contribution in [2.24, 2.45) is 0 Å². The molecule has 0 radical (unpaired) electrons. The van der Waals surface area contributed by atoms with Crippen LogP contribution in [0.3, 0.4) is 0 Å². The smallest absolute Gasteiger partial charge is 0.361 e. The third kappa shape index (κ3) is 4.27. The first-order chi connectivity index (χ1) is 14.5. The number of nitrogens with zero attached hydrogens (tertiary/aromatic N) is 5. The van der Waals surface area contributed by atoms with Gasteiger partial charge >= 0.3 is 11.9 Å². The molecule has 1 aliphatic rings. The fraction of sp³-hybridized carbons (Fsp3) is 0.400. The van der Waals surface area contributed by atoms with E-state index in [-0.39, 0.29) is 5.56 Å². The van der Waals surface area contributed by atoms with Gasteiger partial charge in [-0.15, -0.1) is 11.3 Å². The summed E-state index contributed by atoms with van der Waals surface area (Å²) in [6.07, 6.45) is -2.41. The Kier molecular flexibility index (Phi) is 5.24. The maximum Gasteiger partial charge on any atom is 0.406 e. The van der Waals surface area contributed by atoms with E-state index >= 15 is 0 Å². The molecule has 0 atom stereocenters. The summed E-state index contributed by atoms with van der Waals surface area (Å²) in [7, 11) is 4.67. The zero-order valence-corrected chi connectivity index (χ0v) is 17.9. The fourth-order valence-electron chi connectivity index (χ4n) is 3.29. The van der Waals surface area contributed by atoms with Crippen LogP contribution in [0.1, 0.15) is 34.1 Å². The molecule has 0 bridgehead atoms. The second-order valence-corrected chi connectivity index (χ2v) is 8.78. The summed E-state index contributed by atoms with van der Waals surface area (Å²) in [5.74, 6) is 0.0935. The van der Waals surface area contributed by atoms with E-state index in [1.54, 1.807) is 25.1 Å². The highest BCUT2D eigenvalue weighted by Gasteiger charge is 2.32. The Bertz CT molecular complexity index is 1210. The predicted octanol–water partition coefficient (Wildman–Crippen LogP) is 3.42. The van der Waals surface area contributed by atoms with Crippen LogP contribution in [0.2, 0.25) is 0 Å². The number of halogens is 3. The lowest BCUT2D eigenvalue weighted by Gasteiger charge is -2.19. The van der Waals surface area contributed by atoms with Crippen LogP contribution in [0, 0.1) is 0 Å². The largest absolute Gasteiger partial charge is 0.406 e. The third-order valence-electron chi connectivity index (χ3n) is 4.90. The lowest BCUT2D eigenvalue weighted by molar-refractivity contribution is -0.138. The van der Waals surface area contributed by atoms with Crippen LogP contribution >= 0.6 is 11.3 Å². The van der Waals surface area contributed by atoms with E-state index in [2.05, 4.69) is 9.97 Å². The second-order valence-electron chi connectivity index (χ2n) is 7.75. The number of hydrogen-bond donors (Lipinski definition) is 0. The SMILES string of the molecule is CN(CC(F)(F)F)C(=O)c1cccc(-n2c(=O)nc(N(C)C)c3sc(C4CC4)nc32)c1. The van der Waals surface area contributed by atoms with Gasteiger partial charge in [0.25, 0.3) is 5.91 Å². The molecule has 0 aliphatic heterocycles. The lowest BCUT2D eigenvalue weighted by Crippen LogP contribution is -2.35. The number of rotatable bonds is 5. The van der Waals surface area contributed by atoms with Gasteiger partial charge in [0.2, 0.25) is 0 Å². The molecule has 2 heterocycles. The summed E-state index contributed by atoms with van der Waals surface area (Å²) in [6.45, 7) is -1.36. The summed E-state index contributed by atoms with van der Waals surface area (Å²) in [6, 6.07) is 5.94. The normalized spacial score (nSPS) is 14.1. The highest BCUT2D eigenvalue weighted by atomic mass is 32.1. The van der Waals surface area contributed by atoms with Crippen LogP contribution in [-0.4, -0.2) is 59.2 Å². The van der Waals surface area contributed by atoms with Gasteiger partial charge in [-0.1, -0.05) is 6.07 Å². The Balaban J connectivity index is 1.81. The van der Waals surface area contributed by atoms with E-state index in [9.17, 15) is 22.8 Å². The van der Waals surface area contributed by atoms with Gasteiger partial charge in [0, 0.05) is 32.6 Å². The first-order valence-corrected chi connectivity index (χ1v) is 10.4. The van der Waals surface area contributed by atoms with Crippen LogP contribution in [0.4, 0.5) is 19.0 Å². The number of fused-ring (bicyclic) bond motifs is 1. The standard InChI is InChI=1S/C20H20F3N5O2S/c1-26(2)15-14-16(24-17(31-14)11-7-8-11)28(19(30)25-15)13-6-4-5-12(9-13)18(29)27(3)10-20(21,22)23/h4-6,9,11H,7-8,10H2,1-3H3. The van der Waals surface area contributed by atoms with Crippen LogP contribution in [0.15, 0.2) is 29.1 Å². The van der Waals surface area contributed by atoms with Gasteiger partial charge in [0.1, 0.15) is 11.2 Å². The third-order valence-corrected chi connectivity index (χ3v) is 6.10. The average Bonchev–Trinajstić information content (AvgIpc) is 3.44. The quantitative estimate of drug-likeness (QED) is 0.595. The highest BCUT2D eigenvalue weighted by molar-refractivity contribution is 7.19. The van der Waals surface area contributed by atoms with Crippen molar-refractivity contribution in [1.29, 1.82) is 0 Å². The summed E-state index contributed by atoms with van der Waals surface area (Å²) in [5.41, 5.74) is 0.228. The monoisotopic (exact) mass is 451 g/mol. The van der Waals surface area contributed by atoms with Crippen LogP contribution in [0.25, 0.3) is 16.0 Å². The highest BCUT2D eigenvalue weighted by Crippen LogP contribution is 2.44. The summed E-state index contributed by atoms with van der Waals surface area (Å²) in [4.78, 5) is 36.6. The average molecular weight is 451 g/mol. The van der Waals surface area contributed by atoms with Crippen molar-refractivity contribution in [1.82, 2.24) is 19.4 Å². The van der Waals surface area contributed by atoms with Crippen molar-refractivity contribution in [3.8, 4) is 5.69 Å². The molecule has 1 aliphatic carbocycles. The van der Waals surface area contributed by atoms with E-state index in [0.29, 0.717) is 28.0 Å². The number of anilines is 1. The number of aromatic nitrogens is 3. The van der Waals surface area contributed by atoms with E-state index < -0.39 is 24.3 Å². The topological polar surface area (TPSA) is 71.3 Å². The molecule has 1 aromatic carbocycles. The van der Waals surface area contributed by atoms with Crippen LogP contribution < -0.4 is 10.6 Å². The number of amides is 1. The minimum Gasteiger partial charge on any atom is -0.361 e. The van der Waals surface area contributed by atoms with Crippen molar-refractivity contribution in [3.05, 3.63) is 45.3 Å². The first-order valence-electron chi connectivity index (χ1n) is 9.58. The van der Waals surface area contributed by atoms with Gasteiger partial charge in [-0.3, -0.25) is 4.79 Å². The van der Waals surface area contributed by atoms with Gasteiger partial charge in [-0.2, -0.15) is 18.2 Å². The van der Waals surface area contributed by atoms with Crippen molar-refractivity contribution >= 4 is 33.4 Å². The number of benzene rings is 1. The van der Waals surface area contributed by atoms with Gasteiger partial charge < -0.3 is 9.80 Å². The minimum atomic E-state index is -4.50. The fourth-order valence-corrected chi connectivity index (χ4v) is 4.58. The molecular weight excluding hydrogens is 431 g/mol. The molecule has 1 saturated carbocycles. The first kappa shape index (κ1) is 21.3. The Morgan fingerprint density at radius 2 is 1.94 bits per heavy atom. The predicted molar refractivity (Wildman–Crippen MR) is 112 cm³/mol. The molecule has 3 aromatic rings. The molecule has 164 valence electrons. The zero-order chi connectivity index (χ0) is 22.5. The summed E-state index contributed by atoms with van der Waals surface area (Å²) >= 11 is 1.49. The molecule has 0 N–H and O–H groups in total. The van der Waals surface area contributed by atoms with E-state index in [0.717, 1.165) is 29.6 Å². The molecule has 7 nitrogen and oxygen atoms in total. The van der Waals surface area contributed by atoms with Gasteiger partial charge in [-0.25, -0.2) is 14.3 Å². The molecule has 0 unspecified atom stereocenters. The summed E-state index contributed by atoms with van der Waals surface area (Å²) in [5, 5.41) is 0.927.